The first-order valence-electron chi connectivity index (χ1n) is 13.8. The van der Waals surface area contributed by atoms with Gasteiger partial charge in [0.05, 0.1) is 15.7 Å². The van der Waals surface area contributed by atoms with Crippen LogP contribution < -0.4 is 26.4 Å². The summed E-state index contributed by atoms with van der Waals surface area (Å²) in [5.74, 6) is -2.32. The summed E-state index contributed by atoms with van der Waals surface area (Å²) in [7, 11) is -9.54. The number of amides is 2. The molecule has 242 valence electrons. The van der Waals surface area contributed by atoms with Gasteiger partial charge in [0.1, 0.15) is 5.41 Å². The maximum absolute atomic E-state index is 13.1. The average molecular weight is 655 g/mol. The molecule has 2 aromatic carbocycles. The second-order valence-electron chi connectivity index (χ2n) is 10.0. The van der Waals surface area contributed by atoms with Gasteiger partial charge in [-0.15, -0.1) is 0 Å². The maximum atomic E-state index is 13.1. The second kappa shape index (κ2) is 17.1. The summed E-state index contributed by atoms with van der Waals surface area (Å²) in [5.41, 5.74) is 3.85. The van der Waals surface area contributed by atoms with E-state index in [1.807, 2.05) is 0 Å². The molecule has 15 nitrogen and oxygen atoms in total. The Morgan fingerprint density at radius 1 is 0.864 bits per heavy atom. The van der Waals surface area contributed by atoms with Gasteiger partial charge < -0.3 is 31.7 Å². The lowest BCUT2D eigenvalue weighted by Crippen LogP contribution is -2.56. The van der Waals surface area contributed by atoms with Crippen LogP contribution in [0.1, 0.15) is 38.5 Å². The van der Waals surface area contributed by atoms with Gasteiger partial charge in [-0.1, -0.05) is 49.2 Å². The second-order valence-corrected chi connectivity index (χ2v) is 13.2. The molecular weight excluding hydrogens is 615 g/mol. The Hall–Kier alpha value is -3.55. The average Bonchev–Trinajstić information content (AvgIpc) is 3.49. The summed E-state index contributed by atoms with van der Waals surface area (Å²) < 4.78 is 56.2. The molecule has 1 saturated carbocycles. The van der Waals surface area contributed by atoms with Crippen LogP contribution in [0.3, 0.4) is 0 Å². The van der Waals surface area contributed by atoms with E-state index in [9.17, 15) is 36.5 Å². The van der Waals surface area contributed by atoms with Gasteiger partial charge in [0, 0.05) is 19.6 Å². The van der Waals surface area contributed by atoms with E-state index in [0.717, 1.165) is 0 Å². The topological polar surface area (TPSA) is 261 Å². The standard InChI is InChI=1S/C20H33BN6O6S.C6H6O3S/c22-19(23)25-12-6-9-16(21(30)31)27-18(29)20(10-4-5-11-20)17(28)24-13-14-26-34(32,33)15-7-2-1-3-8-15;7-10(8,9)6-4-2-1-3-5-6/h1-3,7-8,16,26,30-31H,4-6,9-14H2,(H,24,28)(H,27,29)(H4,22,23,25);1-5H,(H,7,8,9). The van der Waals surface area contributed by atoms with Crippen LogP contribution in [0.25, 0.3) is 0 Å². The number of benzene rings is 2. The van der Waals surface area contributed by atoms with Crippen molar-refractivity contribution in [3.05, 3.63) is 60.7 Å². The van der Waals surface area contributed by atoms with Crippen molar-refractivity contribution in [1.29, 1.82) is 5.41 Å². The molecule has 0 heterocycles. The molecule has 10 N–H and O–H groups in total. The summed E-state index contributed by atoms with van der Waals surface area (Å²) in [5, 5.41) is 34.3. The predicted molar refractivity (Wildman–Crippen MR) is 163 cm³/mol. The zero-order valence-electron chi connectivity index (χ0n) is 24.0. The van der Waals surface area contributed by atoms with Crippen LogP contribution in [0.2, 0.25) is 0 Å². The van der Waals surface area contributed by atoms with E-state index in [1.54, 1.807) is 36.4 Å². The molecule has 18 heteroatoms. The number of sulfonamides is 1. The first-order chi connectivity index (χ1) is 20.7. The molecule has 44 heavy (non-hydrogen) atoms. The van der Waals surface area contributed by atoms with E-state index in [1.165, 1.54) is 24.3 Å². The monoisotopic (exact) mass is 654 g/mol. The Morgan fingerprint density at radius 3 is 1.89 bits per heavy atom. The number of nitrogens with two attached hydrogens (primary N) is 1. The molecule has 1 aliphatic carbocycles. The third kappa shape index (κ3) is 11.5. The highest BCUT2D eigenvalue weighted by molar-refractivity contribution is 7.89. The SMILES string of the molecule is N=C(N)NCCCC(NC(=O)C1(C(=O)NCCNS(=O)(=O)c2ccccc2)CCCC1)B(O)O.O=S(=O)(O)c1ccccc1. The third-order valence-electron chi connectivity index (χ3n) is 6.81. The van der Waals surface area contributed by atoms with Crippen molar-refractivity contribution in [1.82, 2.24) is 20.7 Å². The van der Waals surface area contributed by atoms with Gasteiger partial charge in [-0.3, -0.25) is 19.6 Å². The summed E-state index contributed by atoms with van der Waals surface area (Å²) in [4.78, 5) is 26.1. The largest absolute Gasteiger partial charge is 0.475 e. The molecule has 1 unspecified atom stereocenters. The highest BCUT2D eigenvalue weighted by atomic mass is 32.2. The van der Waals surface area contributed by atoms with Crippen molar-refractivity contribution in [3.63, 3.8) is 0 Å². The van der Waals surface area contributed by atoms with Crippen LogP contribution in [-0.2, 0) is 29.7 Å². The lowest BCUT2D eigenvalue weighted by Gasteiger charge is -2.29. The Labute approximate surface area is 257 Å². The number of rotatable bonds is 14. The van der Waals surface area contributed by atoms with E-state index in [2.05, 4.69) is 20.7 Å². The van der Waals surface area contributed by atoms with Crippen LogP contribution in [0.4, 0.5) is 0 Å². The number of carbonyl (C=O) groups is 2. The molecule has 1 atom stereocenters. The first-order valence-corrected chi connectivity index (χ1v) is 16.7. The Balaban J connectivity index is 0.000000569. The Morgan fingerprint density at radius 2 is 1.41 bits per heavy atom. The molecule has 0 aliphatic heterocycles. The fourth-order valence-electron chi connectivity index (χ4n) is 4.49. The number of hydrogen-bond donors (Lipinski definition) is 9. The van der Waals surface area contributed by atoms with Crippen LogP contribution >= 0.6 is 0 Å². The van der Waals surface area contributed by atoms with Crippen molar-refractivity contribution in [2.45, 2.75) is 54.3 Å². The zero-order chi connectivity index (χ0) is 32.8. The zero-order valence-corrected chi connectivity index (χ0v) is 25.6. The fourth-order valence-corrected chi connectivity index (χ4v) is 6.04. The number of guanidine groups is 1. The Bertz CT molecular complexity index is 1440. The van der Waals surface area contributed by atoms with Crippen molar-refractivity contribution in [3.8, 4) is 0 Å². The quantitative estimate of drug-likeness (QED) is 0.0308. The van der Waals surface area contributed by atoms with Gasteiger partial charge in [-0.05, 0) is 49.9 Å². The van der Waals surface area contributed by atoms with Crippen LogP contribution in [0.5, 0.6) is 0 Å². The fraction of sp³-hybridized carbons (Fsp3) is 0.423. The van der Waals surface area contributed by atoms with E-state index < -0.39 is 50.4 Å². The molecule has 2 aromatic rings. The van der Waals surface area contributed by atoms with Gasteiger partial charge in [-0.25, -0.2) is 13.1 Å². The number of nitrogens with one attached hydrogen (secondary N) is 5. The lowest BCUT2D eigenvalue weighted by atomic mass is 9.75. The molecule has 0 saturated heterocycles. The molecule has 0 aromatic heterocycles. The Kier molecular flexibility index (Phi) is 14.2. The van der Waals surface area contributed by atoms with Gasteiger partial charge in [0.15, 0.2) is 5.96 Å². The number of hydrogen-bond acceptors (Lipinski definition) is 9. The normalized spacial score (nSPS) is 14.8. The molecule has 0 radical (unpaired) electrons. The number of carbonyl (C=O) groups excluding carboxylic acids is 2. The molecule has 3 rings (SSSR count). The minimum absolute atomic E-state index is 0.0112. The molecule has 0 bridgehead atoms. The van der Waals surface area contributed by atoms with Crippen LogP contribution in [0, 0.1) is 10.8 Å². The smallest absolute Gasteiger partial charge is 0.426 e. The molecule has 0 spiro atoms. The third-order valence-corrected chi connectivity index (χ3v) is 9.15. The van der Waals surface area contributed by atoms with E-state index in [-0.39, 0.29) is 35.3 Å². The molecule has 1 aliphatic rings. The molecular formula is C26H39BN6O9S2. The van der Waals surface area contributed by atoms with Gasteiger partial charge >= 0.3 is 7.12 Å². The first kappa shape index (κ1) is 36.6. The van der Waals surface area contributed by atoms with Crippen LogP contribution in [0.15, 0.2) is 70.5 Å². The predicted octanol–water partition coefficient (Wildman–Crippen LogP) is -0.665. The van der Waals surface area contributed by atoms with Crippen LogP contribution in [-0.4, -0.2) is 81.9 Å². The van der Waals surface area contributed by atoms with Gasteiger partial charge in [-0.2, -0.15) is 8.42 Å². The summed E-state index contributed by atoms with van der Waals surface area (Å²) >= 11 is 0. The maximum Gasteiger partial charge on any atom is 0.475 e. The van der Waals surface area contributed by atoms with Crippen molar-refractivity contribution < 1.29 is 41.0 Å². The molecule has 1 fully saturated rings. The van der Waals surface area contributed by atoms with E-state index in [4.69, 9.17) is 15.7 Å². The minimum Gasteiger partial charge on any atom is -0.426 e. The minimum atomic E-state index is -4.00. The van der Waals surface area contributed by atoms with Crippen molar-refractivity contribution >= 4 is 45.0 Å². The summed E-state index contributed by atoms with van der Waals surface area (Å²) in [6.45, 7) is 0.253. The van der Waals surface area contributed by atoms with Gasteiger partial charge in [0.25, 0.3) is 10.1 Å². The lowest BCUT2D eigenvalue weighted by molar-refractivity contribution is -0.143. The van der Waals surface area contributed by atoms with E-state index >= 15 is 0 Å². The summed E-state index contributed by atoms with van der Waals surface area (Å²) in [6, 6.07) is 15.3. The van der Waals surface area contributed by atoms with Gasteiger partial charge in [0.2, 0.25) is 21.8 Å². The van der Waals surface area contributed by atoms with Crippen molar-refractivity contribution in [2.75, 3.05) is 19.6 Å². The highest BCUT2D eigenvalue weighted by Gasteiger charge is 2.48. The van der Waals surface area contributed by atoms with E-state index in [0.29, 0.717) is 38.6 Å². The molecule has 2 amide bonds. The van der Waals surface area contributed by atoms with Crippen molar-refractivity contribution in [2.24, 2.45) is 11.1 Å². The highest BCUT2D eigenvalue weighted by Crippen LogP contribution is 2.38. The summed E-state index contributed by atoms with van der Waals surface area (Å²) in [6.07, 6.45) is 2.54.